The number of rotatable bonds is 7. The van der Waals surface area contributed by atoms with Crippen LogP contribution in [-0.4, -0.2) is 35.7 Å². The van der Waals surface area contributed by atoms with Gasteiger partial charge >= 0.3 is 0 Å². The van der Waals surface area contributed by atoms with Crippen molar-refractivity contribution in [2.75, 3.05) is 31.6 Å². The third kappa shape index (κ3) is 4.45. The lowest BCUT2D eigenvalue weighted by molar-refractivity contribution is 0.394. The predicted octanol–water partition coefficient (Wildman–Crippen LogP) is 2.50. The Balaban J connectivity index is 2.04. The maximum absolute atomic E-state index is 11.7. The Kier molecular flexibility index (Phi) is 6.22. The lowest BCUT2D eigenvalue weighted by atomic mass is 10.2. The minimum atomic E-state index is -3.76. The van der Waals surface area contributed by atoms with Crippen molar-refractivity contribution in [3.63, 3.8) is 0 Å². The van der Waals surface area contributed by atoms with E-state index < -0.39 is 10.0 Å². The number of methoxy groups -OCH3 is 2. The molecule has 7 nitrogen and oxygen atoms in total. The molecule has 0 bridgehead atoms. The summed E-state index contributed by atoms with van der Waals surface area (Å²) in [4.78, 5) is 0. The highest BCUT2D eigenvalue weighted by molar-refractivity contribution is 8.03. The first-order valence-corrected chi connectivity index (χ1v) is 11.2. The van der Waals surface area contributed by atoms with Crippen LogP contribution in [0.15, 0.2) is 38.4 Å². The summed E-state index contributed by atoms with van der Waals surface area (Å²) in [6, 6.07) is 7.13. The molecule has 0 amide bonds. The van der Waals surface area contributed by atoms with Crippen LogP contribution in [0.25, 0.3) is 6.08 Å². The van der Waals surface area contributed by atoms with Crippen LogP contribution in [-0.2, 0) is 10.0 Å². The van der Waals surface area contributed by atoms with Crippen LogP contribution < -0.4 is 24.2 Å². The topological polar surface area (TPSA) is 93.9 Å². The zero-order valence-corrected chi connectivity index (χ0v) is 17.7. The fourth-order valence-corrected chi connectivity index (χ4v) is 5.82. The van der Waals surface area contributed by atoms with E-state index in [-0.39, 0.29) is 4.21 Å². The molecule has 10 heteroatoms. The number of nitrogens with zero attached hydrogens (tertiary/aromatic N) is 1. The highest BCUT2D eigenvalue weighted by Gasteiger charge is 2.26. The number of benzene rings is 1. The normalized spacial score (nSPS) is 13.5. The van der Waals surface area contributed by atoms with E-state index in [0.29, 0.717) is 24.6 Å². The lowest BCUT2D eigenvalue weighted by Crippen LogP contribution is -2.27. The van der Waals surface area contributed by atoms with Crippen LogP contribution in [0, 0.1) is 12.3 Å². The largest absolute Gasteiger partial charge is 0.497 e. The number of ether oxygens (including phenoxy) is 2. The van der Waals surface area contributed by atoms with Crippen molar-refractivity contribution in [2.45, 2.75) is 8.42 Å². The van der Waals surface area contributed by atoms with Crippen molar-refractivity contribution in [1.29, 1.82) is 0 Å². The third-order valence-corrected chi connectivity index (χ3v) is 7.71. The van der Waals surface area contributed by atoms with Crippen molar-refractivity contribution in [2.24, 2.45) is 5.14 Å². The summed E-state index contributed by atoms with van der Waals surface area (Å²) < 4.78 is 37.2. The predicted molar refractivity (Wildman–Crippen MR) is 113 cm³/mol. The van der Waals surface area contributed by atoms with Gasteiger partial charge in [-0.1, -0.05) is 5.92 Å². The number of hydrogen-bond donors (Lipinski definition) is 2. The maximum Gasteiger partial charge on any atom is 0.247 e. The molecule has 1 aliphatic heterocycles. The maximum atomic E-state index is 11.7. The van der Waals surface area contributed by atoms with E-state index in [9.17, 15) is 8.42 Å². The van der Waals surface area contributed by atoms with Gasteiger partial charge < -0.3 is 14.8 Å². The molecule has 3 rings (SSSR count). The first-order chi connectivity index (χ1) is 13.4. The summed E-state index contributed by atoms with van der Waals surface area (Å²) in [6.45, 7) is 0.910. The monoisotopic (exact) mass is 437 g/mol. The molecule has 0 unspecified atom stereocenters. The SMILES string of the molecule is C#CCNCC1=Cc2cc(S(N)(=O)=O)sc2SN1c1cc(OC)cc(OC)c1. The number of fused-ring (bicyclic) bond motifs is 1. The van der Waals surface area contributed by atoms with Crippen LogP contribution in [0.4, 0.5) is 5.69 Å². The molecule has 2 aromatic rings. The van der Waals surface area contributed by atoms with Crippen LogP contribution in [0.3, 0.4) is 0 Å². The van der Waals surface area contributed by atoms with E-state index in [1.54, 1.807) is 26.4 Å². The number of anilines is 1. The van der Waals surface area contributed by atoms with Crippen molar-refractivity contribution in [3.05, 3.63) is 35.5 Å². The number of primary sulfonamides is 1. The van der Waals surface area contributed by atoms with Gasteiger partial charge in [0, 0.05) is 48.0 Å². The van der Waals surface area contributed by atoms with Crippen molar-refractivity contribution in [3.8, 4) is 23.8 Å². The molecule has 2 heterocycles. The first kappa shape index (κ1) is 20.6. The Hall–Kier alpha value is -2.16. The molecule has 0 radical (unpaired) electrons. The summed E-state index contributed by atoms with van der Waals surface area (Å²) in [6.07, 6.45) is 7.25. The standard InChI is InChI=1S/C18H19N3O4S3/c1-4-5-20-11-14-6-12-7-17(28(19,22)23)26-18(12)27-21(14)13-8-15(24-2)10-16(9-13)25-3/h1,6-10,20H,5,11H2,2-3H3,(H2,19,22,23). The van der Waals surface area contributed by atoms with Crippen molar-refractivity contribution in [1.82, 2.24) is 5.32 Å². The number of terminal acetylenes is 1. The van der Waals surface area contributed by atoms with Crippen molar-refractivity contribution < 1.29 is 17.9 Å². The minimum Gasteiger partial charge on any atom is -0.497 e. The van der Waals surface area contributed by atoms with E-state index in [0.717, 1.165) is 32.5 Å². The fraction of sp³-hybridized carbons (Fsp3) is 0.222. The van der Waals surface area contributed by atoms with E-state index in [1.165, 1.54) is 11.9 Å². The molecule has 1 aromatic heterocycles. The average molecular weight is 438 g/mol. The van der Waals surface area contributed by atoms with Gasteiger partial charge in [0.05, 0.1) is 30.7 Å². The molecule has 1 aliphatic rings. The van der Waals surface area contributed by atoms with Gasteiger partial charge in [0.25, 0.3) is 0 Å². The van der Waals surface area contributed by atoms with Crippen LogP contribution in [0.1, 0.15) is 5.56 Å². The second kappa shape index (κ2) is 8.46. The Morgan fingerprint density at radius 2 is 1.89 bits per heavy atom. The Bertz CT molecular complexity index is 1030. The Labute approximate surface area is 172 Å². The molecule has 28 heavy (non-hydrogen) atoms. The molecule has 0 saturated heterocycles. The zero-order valence-electron chi connectivity index (χ0n) is 15.3. The third-order valence-electron chi connectivity index (χ3n) is 3.84. The average Bonchev–Trinajstić information content (AvgIpc) is 3.10. The van der Waals surface area contributed by atoms with E-state index in [2.05, 4.69) is 11.2 Å². The summed E-state index contributed by atoms with van der Waals surface area (Å²) in [5.74, 6) is 3.84. The Morgan fingerprint density at radius 1 is 1.21 bits per heavy atom. The van der Waals surface area contributed by atoms with Crippen LogP contribution in [0.2, 0.25) is 0 Å². The second-order valence-corrected chi connectivity index (χ2v) is 9.81. The molecule has 0 saturated carbocycles. The number of sulfonamides is 1. The van der Waals surface area contributed by atoms with Gasteiger partial charge in [0.2, 0.25) is 10.0 Å². The smallest absolute Gasteiger partial charge is 0.247 e. The minimum absolute atomic E-state index is 0.127. The number of thiophene rings is 1. The quantitative estimate of drug-likeness (QED) is 0.390. The van der Waals surface area contributed by atoms with Gasteiger partial charge in [-0.2, -0.15) is 0 Å². The second-order valence-electron chi connectivity index (χ2n) is 5.75. The van der Waals surface area contributed by atoms with Gasteiger partial charge in [-0.3, -0.25) is 4.31 Å². The molecule has 0 spiro atoms. The van der Waals surface area contributed by atoms with Gasteiger partial charge in [0.15, 0.2) is 0 Å². The van der Waals surface area contributed by atoms with E-state index in [1.807, 2.05) is 22.5 Å². The highest BCUT2D eigenvalue weighted by atomic mass is 32.3. The van der Waals surface area contributed by atoms with E-state index >= 15 is 0 Å². The van der Waals surface area contributed by atoms with Gasteiger partial charge in [-0.05, 0) is 12.1 Å². The fourth-order valence-electron chi connectivity index (χ4n) is 2.57. The van der Waals surface area contributed by atoms with Gasteiger partial charge in [0.1, 0.15) is 15.7 Å². The molecular weight excluding hydrogens is 418 g/mol. The molecule has 0 atom stereocenters. The summed E-state index contributed by atoms with van der Waals surface area (Å²) >= 11 is 2.55. The lowest BCUT2D eigenvalue weighted by Gasteiger charge is -2.29. The summed E-state index contributed by atoms with van der Waals surface area (Å²) in [7, 11) is -0.591. The van der Waals surface area contributed by atoms with Crippen LogP contribution >= 0.6 is 23.3 Å². The molecule has 0 fully saturated rings. The van der Waals surface area contributed by atoms with Crippen LogP contribution in [0.5, 0.6) is 11.5 Å². The number of nitrogens with one attached hydrogen (secondary N) is 1. The molecule has 1 aromatic carbocycles. The number of hydrogen-bond acceptors (Lipinski definition) is 8. The number of nitrogens with two attached hydrogens (primary N) is 1. The zero-order chi connectivity index (χ0) is 20.3. The highest BCUT2D eigenvalue weighted by Crippen LogP contribution is 2.46. The first-order valence-electron chi connectivity index (χ1n) is 8.08. The molecular formula is C18H19N3O4S3. The van der Waals surface area contributed by atoms with Crippen molar-refractivity contribution >= 4 is 45.1 Å². The molecule has 0 aliphatic carbocycles. The summed E-state index contributed by atoms with van der Waals surface area (Å²) in [5, 5.41) is 8.46. The molecule has 3 N–H and O–H groups in total. The molecule has 148 valence electrons. The van der Waals surface area contributed by atoms with Gasteiger partial charge in [-0.15, -0.1) is 17.8 Å². The Morgan fingerprint density at radius 3 is 2.46 bits per heavy atom. The van der Waals surface area contributed by atoms with E-state index in [4.69, 9.17) is 21.0 Å². The van der Waals surface area contributed by atoms with Gasteiger partial charge in [-0.25, -0.2) is 13.6 Å². The summed E-state index contributed by atoms with van der Waals surface area (Å²) in [5.41, 5.74) is 2.54.